The van der Waals surface area contributed by atoms with Gasteiger partial charge in [0.05, 0.1) is 0 Å². The molecule has 0 aromatic heterocycles. The maximum Gasteiger partial charge on any atom is 0.146 e. The van der Waals surface area contributed by atoms with Crippen molar-refractivity contribution in [2.24, 2.45) is 23.7 Å². The average Bonchev–Trinajstić information content (AvgIpc) is 2.51. The number of unbranched alkanes of at least 4 members (excludes halogenated alkanes) is 2. The summed E-state index contributed by atoms with van der Waals surface area (Å²) in [5.41, 5.74) is 0. The van der Waals surface area contributed by atoms with E-state index in [4.69, 9.17) is 9.47 Å². The van der Waals surface area contributed by atoms with Crippen LogP contribution in [0.5, 0.6) is 0 Å². The standard InChI is InChI=1S/C23H47IO2/c1-7-8-9-12-25-18-26-13-10-11-19(2)14-20(3)15-21(4)16-22(5)17-23(6)24/h19-23H,7-18H2,1-6H3. The van der Waals surface area contributed by atoms with Crippen molar-refractivity contribution >= 4 is 22.6 Å². The van der Waals surface area contributed by atoms with Gasteiger partial charge in [-0.2, -0.15) is 0 Å². The van der Waals surface area contributed by atoms with E-state index in [0.717, 1.165) is 53.7 Å². The van der Waals surface area contributed by atoms with Crippen molar-refractivity contribution in [2.45, 2.75) is 103 Å². The van der Waals surface area contributed by atoms with E-state index in [1.165, 1.54) is 44.9 Å². The maximum atomic E-state index is 5.59. The second-order valence-corrected chi connectivity index (χ2v) is 11.1. The van der Waals surface area contributed by atoms with Gasteiger partial charge in [-0.1, -0.05) is 77.0 Å². The molecule has 0 saturated carbocycles. The summed E-state index contributed by atoms with van der Waals surface area (Å²) in [5, 5.41) is 0. The van der Waals surface area contributed by atoms with Crippen LogP contribution >= 0.6 is 22.6 Å². The summed E-state index contributed by atoms with van der Waals surface area (Å²) in [6.07, 6.45) is 11.6. The van der Waals surface area contributed by atoms with E-state index in [1.807, 2.05) is 0 Å². The molecule has 0 spiro atoms. The smallest absolute Gasteiger partial charge is 0.146 e. The third kappa shape index (κ3) is 18.0. The Balaban J connectivity index is 3.62. The van der Waals surface area contributed by atoms with Gasteiger partial charge in [-0.05, 0) is 68.6 Å². The molecule has 0 saturated heterocycles. The number of halogens is 1. The van der Waals surface area contributed by atoms with Crippen LogP contribution in [0.2, 0.25) is 0 Å². The van der Waals surface area contributed by atoms with Crippen LogP contribution < -0.4 is 0 Å². The van der Waals surface area contributed by atoms with Gasteiger partial charge in [0.15, 0.2) is 0 Å². The number of ether oxygens (including phenoxy) is 2. The molecule has 0 aromatic rings. The molecule has 0 N–H and O–H groups in total. The monoisotopic (exact) mass is 482 g/mol. The topological polar surface area (TPSA) is 18.5 Å². The van der Waals surface area contributed by atoms with Crippen molar-refractivity contribution in [3.05, 3.63) is 0 Å². The van der Waals surface area contributed by atoms with Gasteiger partial charge in [-0.3, -0.25) is 0 Å². The van der Waals surface area contributed by atoms with E-state index < -0.39 is 0 Å². The Morgan fingerprint density at radius 3 is 1.69 bits per heavy atom. The first kappa shape index (κ1) is 26.6. The summed E-state index contributed by atoms with van der Waals surface area (Å²) in [4.78, 5) is 0. The number of rotatable bonds is 18. The first-order valence-electron chi connectivity index (χ1n) is 11.1. The Kier molecular flexibility index (Phi) is 18.2. The van der Waals surface area contributed by atoms with Crippen LogP contribution in [0.4, 0.5) is 0 Å². The highest BCUT2D eigenvalue weighted by atomic mass is 127. The van der Waals surface area contributed by atoms with Crippen LogP contribution in [-0.4, -0.2) is 23.9 Å². The van der Waals surface area contributed by atoms with Gasteiger partial charge >= 0.3 is 0 Å². The third-order valence-electron chi connectivity index (χ3n) is 5.19. The molecule has 5 atom stereocenters. The van der Waals surface area contributed by atoms with Gasteiger partial charge in [0, 0.05) is 17.1 Å². The van der Waals surface area contributed by atoms with E-state index in [0.29, 0.717) is 6.79 Å². The summed E-state index contributed by atoms with van der Waals surface area (Å²) in [6, 6.07) is 0. The second-order valence-electron chi connectivity index (χ2n) is 8.93. The highest BCUT2D eigenvalue weighted by molar-refractivity contribution is 14.1. The molecular weight excluding hydrogens is 435 g/mol. The molecule has 0 fully saturated rings. The lowest BCUT2D eigenvalue weighted by atomic mass is 9.84. The summed E-state index contributed by atoms with van der Waals surface area (Å²) >= 11 is 2.56. The summed E-state index contributed by atoms with van der Waals surface area (Å²) in [6.45, 7) is 16.4. The number of hydrogen-bond donors (Lipinski definition) is 0. The first-order valence-corrected chi connectivity index (χ1v) is 12.4. The van der Waals surface area contributed by atoms with Gasteiger partial charge in [-0.25, -0.2) is 0 Å². The van der Waals surface area contributed by atoms with E-state index in [2.05, 4.69) is 64.1 Å². The lowest BCUT2D eigenvalue weighted by molar-refractivity contribution is -0.0561. The van der Waals surface area contributed by atoms with Crippen LogP contribution in [0.25, 0.3) is 0 Å². The zero-order valence-electron chi connectivity index (χ0n) is 18.6. The minimum Gasteiger partial charge on any atom is -0.355 e. The van der Waals surface area contributed by atoms with Crippen LogP contribution in [0, 0.1) is 23.7 Å². The normalized spacial score (nSPS) is 17.7. The maximum absolute atomic E-state index is 5.59. The van der Waals surface area contributed by atoms with E-state index in [9.17, 15) is 0 Å². The Morgan fingerprint density at radius 2 is 1.15 bits per heavy atom. The zero-order chi connectivity index (χ0) is 19.8. The van der Waals surface area contributed by atoms with Crippen molar-refractivity contribution in [2.75, 3.05) is 20.0 Å². The summed E-state index contributed by atoms with van der Waals surface area (Å²) in [7, 11) is 0. The fourth-order valence-electron chi connectivity index (χ4n) is 4.19. The summed E-state index contributed by atoms with van der Waals surface area (Å²) in [5.74, 6) is 3.36. The highest BCUT2D eigenvalue weighted by Crippen LogP contribution is 2.27. The molecule has 26 heavy (non-hydrogen) atoms. The molecule has 0 aliphatic rings. The Bertz CT molecular complexity index is 296. The lowest BCUT2D eigenvalue weighted by Gasteiger charge is -2.23. The molecule has 0 bridgehead atoms. The average molecular weight is 483 g/mol. The predicted molar refractivity (Wildman–Crippen MR) is 124 cm³/mol. The zero-order valence-corrected chi connectivity index (χ0v) is 20.7. The molecule has 0 aromatic carbocycles. The van der Waals surface area contributed by atoms with Crippen LogP contribution in [-0.2, 0) is 9.47 Å². The molecule has 0 aliphatic heterocycles. The van der Waals surface area contributed by atoms with E-state index >= 15 is 0 Å². The molecule has 5 unspecified atom stereocenters. The Morgan fingerprint density at radius 1 is 0.654 bits per heavy atom. The second kappa shape index (κ2) is 17.7. The summed E-state index contributed by atoms with van der Waals surface area (Å²) < 4.78 is 11.9. The van der Waals surface area contributed by atoms with Gasteiger partial charge in [-0.15, -0.1) is 0 Å². The predicted octanol–water partition coefficient (Wildman–Crippen LogP) is 7.88. The molecule has 3 heteroatoms. The van der Waals surface area contributed by atoms with Crippen molar-refractivity contribution < 1.29 is 9.47 Å². The molecular formula is C23H47IO2. The number of hydrogen-bond acceptors (Lipinski definition) is 2. The number of alkyl halides is 1. The first-order chi connectivity index (χ1) is 12.3. The quantitative estimate of drug-likeness (QED) is 0.0856. The molecule has 0 radical (unpaired) electrons. The fourth-order valence-corrected chi connectivity index (χ4v) is 5.05. The van der Waals surface area contributed by atoms with Crippen molar-refractivity contribution in [1.29, 1.82) is 0 Å². The minimum atomic E-state index is 0.472. The van der Waals surface area contributed by atoms with E-state index in [1.54, 1.807) is 0 Å². The molecule has 0 heterocycles. The van der Waals surface area contributed by atoms with Crippen LogP contribution in [0.1, 0.15) is 99.3 Å². The van der Waals surface area contributed by atoms with Gasteiger partial charge in [0.1, 0.15) is 6.79 Å². The van der Waals surface area contributed by atoms with Gasteiger partial charge in [0.2, 0.25) is 0 Å². The molecule has 0 aliphatic carbocycles. The molecule has 0 amide bonds. The van der Waals surface area contributed by atoms with Crippen molar-refractivity contribution in [3.8, 4) is 0 Å². The lowest BCUT2D eigenvalue weighted by Crippen LogP contribution is -2.12. The van der Waals surface area contributed by atoms with Crippen LogP contribution in [0.15, 0.2) is 0 Å². The molecule has 158 valence electrons. The minimum absolute atomic E-state index is 0.472. The fraction of sp³-hybridized carbons (Fsp3) is 1.00. The molecule has 2 nitrogen and oxygen atoms in total. The Hall–Kier alpha value is 0.650. The SMILES string of the molecule is CCCCCOCOCCCC(C)CC(C)CC(C)CC(C)CC(C)I. The van der Waals surface area contributed by atoms with Gasteiger partial charge < -0.3 is 9.47 Å². The molecule has 0 rings (SSSR count). The van der Waals surface area contributed by atoms with Crippen molar-refractivity contribution in [3.63, 3.8) is 0 Å². The van der Waals surface area contributed by atoms with E-state index in [-0.39, 0.29) is 0 Å². The van der Waals surface area contributed by atoms with Crippen molar-refractivity contribution in [1.82, 2.24) is 0 Å². The van der Waals surface area contributed by atoms with Crippen LogP contribution in [0.3, 0.4) is 0 Å². The Labute approximate surface area is 178 Å². The van der Waals surface area contributed by atoms with Gasteiger partial charge in [0.25, 0.3) is 0 Å². The largest absolute Gasteiger partial charge is 0.355 e. The highest BCUT2D eigenvalue weighted by Gasteiger charge is 2.15. The third-order valence-corrected chi connectivity index (χ3v) is 5.69.